The molecule has 8 nitrogen and oxygen atoms in total. The van der Waals surface area contributed by atoms with Crippen LogP contribution in [0.25, 0.3) is 28.0 Å². The molecule has 0 aliphatic rings. The number of amides is 1. The van der Waals surface area contributed by atoms with Gasteiger partial charge in [0.1, 0.15) is 0 Å². The summed E-state index contributed by atoms with van der Waals surface area (Å²) in [5.74, 6) is 0.265. The molecule has 0 atom stereocenters. The number of anilines is 1. The number of hydrogen-bond donors (Lipinski definition) is 2. The standard InChI is InChI=1S/C22H23N7O/c1-28(2)11-10-25-22(30)16-7-5-6-15(12-16)17-13-26-21-19(18-8-3-4-9-24-18)20(23)27-29(21)14-17/h3-9,12-14H,10-11H2,1-2H3,(H2,23,27)(H,25,30). The first-order valence-electron chi connectivity index (χ1n) is 9.61. The fraction of sp³-hybridized carbons (Fsp3) is 0.182. The van der Waals surface area contributed by atoms with E-state index in [9.17, 15) is 4.79 Å². The molecule has 30 heavy (non-hydrogen) atoms. The van der Waals surface area contributed by atoms with E-state index in [2.05, 4.69) is 20.4 Å². The van der Waals surface area contributed by atoms with Crippen molar-refractivity contribution in [2.75, 3.05) is 32.9 Å². The maximum atomic E-state index is 12.4. The number of pyridine rings is 1. The zero-order valence-electron chi connectivity index (χ0n) is 16.9. The van der Waals surface area contributed by atoms with Crippen molar-refractivity contribution >= 4 is 17.4 Å². The average Bonchev–Trinajstić information content (AvgIpc) is 3.09. The van der Waals surface area contributed by atoms with Crippen LogP contribution in [-0.2, 0) is 0 Å². The molecule has 152 valence electrons. The highest BCUT2D eigenvalue weighted by molar-refractivity contribution is 5.95. The summed E-state index contributed by atoms with van der Waals surface area (Å²) in [5.41, 5.74) is 10.5. The van der Waals surface area contributed by atoms with Crippen LogP contribution in [0.5, 0.6) is 0 Å². The second kappa shape index (κ2) is 8.30. The second-order valence-corrected chi connectivity index (χ2v) is 7.23. The highest BCUT2D eigenvalue weighted by atomic mass is 16.1. The van der Waals surface area contributed by atoms with E-state index in [1.165, 1.54) is 0 Å². The first kappa shape index (κ1) is 19.5. The molecule has 3 aromatic heterocycles. The molecule has 1 amide bonds. The van der Waals surface area contributed by atoms with Crippen molar-refractivity contribution in [2.45, 2.75) is 0 Å². The Balaban J connectivity index is 1.64. The number of nitrogens with one attached hydrogen (secondary N) is 1. The molecule has 1 aromatic carbocycles. The summed E-state index contributed by atoms with van der Waals surface area (Å²) in [6, 6.07) is 13.1. The van der Waals surface area contributed by atoms with Crippen molar-refractivity contribution in [2.24, 2.45) is 0 Å². The molecule has 0 fully saturated rings. The molecule has 3 heterocycles. The van der Waals surface area contributed by atoms with E-state index >= 15 is 0 Å². The summed E-state index contributed by atoms with van der Waals surface area (Å²) in [6.07, 6.45) is 5.32. The van der Waals surface area contributed by atoms with E-state index in [-0.39, 0.29) is 5.91 Å². The van der Waals surface area contributed by atoms with Gasteiger partial charge < -0.3 is 16.0 Å². The van der Waals surface area contributed by atoms with Gasteiger partial charge in [0.2, 0.25) is 0 Å². The van der Waals surface area contributed by atoms with Crippen molar-refractivity contribution in [3.63, 3.8) is 0 Å². The highest BCUT2D eigenvalue weighted by Gasteiger charge is 2.15. The molecule has 0 bridgehead atoms. The van der Waals surface area contributed by atoms with Crippen molar-refractivity contribution < 1.29 is 4.79 Å². The Kier molecular flexibility index (Phi) is 5.40. The molecule has 0 aliphatic heterocycles. The van der Waals surface area contributed by atoms with Crippen molar-refractivity contribution in [1.82, 2.24) is 29.8 Å². The molecule has 0 radical (unpaired) electrons. The fourth-order valence-electron chi connectivity index (χ4n) is 3.19. The Morgan fingerprint density at radius 2 is 2.00 bits per heavy atom. The lowest BCUT2D eigenvalue weighted by molar-refractivity contribution is 0.0951. The topological polar surface area (TPSA) is 101 Å². The van der Waals surface area contributed by atoms with E-state index in [0.717, 1.165) is 23.4 Å². The van der Waals surface area contributed by atoms with Crippen molar-refractivity contribution in [1.29, 1.82) is 0 Å². The molecule has 0 spiro atoms. The maximum Gasteiger partial charge on any atom is 0.251 e. The van der Waals surface area contributed by atoms with Crippen LogP contribution in [-0.4, -0.2) is 57.6 Å². The third-order valence-electron chi connectivity index (χ3n) is 4.72. The number of carbonyl (C=O) groups excluding carboxylic acids is 1. The summed E-state index contributed by atoms with van der Waals surface area (Å²) < 4.78 is 1.65. The van der Waals surface area contributed by atoms with Crippen LogP contribution in [0.2, 0.25) is 0 Å². The molecule has 4 rings (SSSR count). The number of likely N-dealkylation sites (N-methyl/N-ethyl adjacent to an activating group) is 1. The molecule has 0 aliphatic carbocycles. The second-order valence-electron chi connectivity index (χ2n) is 7.23. The van der Waals surface area contributed by atoms with E-state index in [4.69, 9.17) is 5.73 Å². The monoisotopic (exact) mass is 401 g/mol. The summed E-state index contributed by atoms with van der Waals surface area (Å²) in [4.78, 5) is 23.4. The van der Waals surface area contributed by atoms with E-state index in [1.54, 1.807) is 23.0 Å². The lowest BCUT2D eigenvalue weighted by atomic mass is 10.1. The van der Waals surface area contributed by atoms with Crippen LogP contribution in [0.15, 0.2) is 61.1 Å². The van der Waals surface area contributed by atoms with Gasteiger partial charge in [-0.3, -0.25) is 9.78 Å². The zero-order valence-corrected chi connectivity index (χ0v) is 16.9. The Bertz CT molecular complexity index is 1180. The number of benzene rings is 1. The number of carbonyl (C=O) groups is 1. The highest BCUT2D eigenvalue weighted by Crippen LogP contribution is 2.29. The minimum Gasteiger partial charge on any atom is -0.382 e. The van der Waals surface area contributed by atoms with E-state index in [0.29, 0.717) is 29.1 Å². The summed E-state index contributed by atoms with van der Waals surface area (Å²) in [7, 11) is 3.94. The number of nitrogens with two attached hydrogens (primary N) is 1. The predicted molar refractivity (Wildman–Crippen MR) is 117 cm³/mol. The third-order valence-corrected chi connectivity index (χ3v) is 4.72. The number of nitrogens with zero attached hydrogens (tertiary/aromatic N) is 5. The van der Waals surface area contributed by atoms with Gasteiger partial charge in [-0.25, -0.2) is 9.50 Å². The molecular formula is C22H23N7O. The SMILES string of the molecule is CN(C)CCNC(=O)c1cccc(-c2cnc3c(-c4ccccn4)c(N)nn3c2)c1. The van der Waals surface area contributed by atoms with Gasteiger partial charge in [0.25, 0.3) is 5.91 Å². The first-order valence-corrected chi connectivity index (χ1v) is 9.61. The van der Waals surface area contributed by atoms with Gasteiger partial charge in [0.05, 0.1) is 11.3 Å². The average molecular weight is 401 g/mol. The van der Waals surface area contributed by atoms with Crippen LogP contribution >= 0.6 is 0 Å². The third kappa shape index (κ3) is 3.99. The van der Waals surface area contributed by atoms with Crippen LogP contribution in [0.4, 0.5) is 5.82 Å². The van der Waals surface area contributed by atoms with Gasteiger partial charge in [0.15, 0.2) is 11.5 Å². The van der Waals surface area contributed by atoms with Gasteiger partial charge in [-0.1, -0.05) is 18.2 Å². The normalized spacial score (nSPS) is 11.2. The first-order chi connectivity index (χ1) is 14.5. The summed E-state index contributed by atoms with van der Waals surface area (Å²) >= 11 is 0. The van der Waals surface area contributed by atoms with Gasteiger partial charge in [0, 0.05) is 42.8 Å². The van der Waals surface area contributed by atoms with E-state index in [1.807, 2.05) is 61.6 Å². The minimum absolute atomic E-state index is 0.103. The largest absolute Gasteiger partial charge is 0.382 e. The summed E-state index contributed by atoms with van der Waals surface area (Å²) in [6.45, 7) is 1.37. The summed E-state index contributed by atoms with van der Waals surface area (Å²) in [5, 5.41) is 7.33. The Hall–Kier alpha value is -3.78. The van der Waals surface area contributed by atoms with Gasteiger partial charge in [-0.2, -0.15) is 0 Å². The molecule has 3 N–H and O–H groups in total. The van der Waals surface area contributed by atoms with Crippen LogP contribution < -0.4 is 11.1 Å². The van der Waals surface area contributed by atoms with Gasteiger partial charge in [-0.05, 0) is 43.9 Å². The Morgan fingerprint density at radius 1 is 1.13 bits per heavy atom. The van der Waals surface area contributed by atoms with Crippen LogP contribution in [0.1, 0.15) is 10.4 Å². The Labute approximate surface area is 174 Å². The van der Waals surface area contributed by atoms with Gasteiger partial charge in [-0.15, -0.1) is 5.10 Å². The predicted octanol–water partition coefficient (Wildman–Crippen LogP) is 2.33. The molecule has 0 saturated carbocycles. The number of fused-ring (bicyclic) bond motifs is 1. The molecule has 0 unspecified atom stereocenters. The minimum atomic E-state index is -0.103. The zero-order chi connectivity index (χ0) is 21.1. The van der Waals surface area contributed by atoms with Crippen LogP contribution in [0.3, 0.4) is 0 Å². The van der Waals surface area contributed by atoms with Crippen LogP contribution in [0, 0.1) is 0 Å². The smallest absolute Gasteiger partial charge is 0.251 e. The Morgan fingerprint density at radius 3 is 2.77 bits per heavy atom. The fourth-order valence-corrected chi connectivity index (χ4v) is 3.19. The molecular weight excluding hydrogens is 378 g/mol. The lowest BCUT2D eigenvalue weighted by Gasteiger charge is -2.11. The van der Waals surface area contributed by atoms with E-state index < -0.39 is 0 Å². The molecule has 0 saturated heterocycles. The quantitative estimate of drug-likeness (QED) is 0.514. The number of hydrogen-bond acceptors (Lipinski definition) is 6. The number of nitrogen functional groups attached to an aromatic ring is 1. The molecule has 8 heteroatoms. The number of rotatable bonds is 6. The maximum absolute atomic E-state index is 12.4. The van der Waals surface area contributed by atoms with Crippen molar-refractivity contribution in [3.05, 3.63) is 66.6 Å². The van der Waals surface area contributed by atoms with Gasteiger partial charge >= 0.3 is 0 Å². The number of aromatic nitrogens is 4. The lowest BCUT2D eigenvalue weighted by Crippen LogP contribution is -2.31. The van der Waals surface area contributed by atoms with Crippen molar-refractivity contribution in [3.8, 4) is 22.4 Å². The molecule has 4 aromatic rings.